The van der Waals surface area contributed by atoms with Crippen molar-refractivity contribution >= 4 is 5.97 Å². The molecule has 0 aromatic rings. The number of hydrogen-bond acceptors (Lipinski definition) is 12. The zero-order valence-corrected chi connectivity index (χ0v) is 15.3. The lowest BCUT2D eigenvalue weighted by atomic mass is 9.85. The minimum absolute atomic E-state index is 0.354. The second-order valence-electron chi connectivity index (χ2n) is 7.16. The lowest BCUT2D eigenvalue weighted by Gasteiger charge is -2.52. The molecular formula is C16H26O13. The third-order valence-corrected chi connectivity index (χ3v) is 5.37. The van der Waals surface area contributed by atoms with Crippen molar-refractivity contribution in [2.45, 2.75) is 67.1 Å². The summed E-state index contributed by atoms with van der Waals surface area (Å²) in [6.07, 6.45) is -14.3. The Hall–Kier alpha value is -0.970. The van der Waals surface area contributed by atoms with Crippen molar-refractivity contribution in [2.75, 3.05) is 26.6 Å². The van der Waals surface area contributed by atoms with Gasteiger partial charge in [-0.05, 0) is 0 Å². The molecule has 3 heterocycles. The van der Waals surface area contributed by atoms with Crippen LogP contribution in [-0.2, 0) is 28.5 Å². The molecule has 0 aromatic carbocycles. The number of rotatable bonds is 6. The van der Waals surface area contributed by atoms with Crippen LogP contribution in [0.15, 0.2) is 0 Å². The summed E-state index contributed by atoms with van der Waals surface area (Å²) in [4.78, 5) is 10.9. The molecule has 11 atom stereocenters. The predicted octanol–water partition coefficient (Wildman–Crippen LogP) is -4.84. The quantitative estimate of drug-likeness (QED) is 0.213. The van der Waals surface area contributed by atoms with E-state index in [1.807, 2.05) is 0 Å². The maximum Gasteiger partial charge on any atom is 0.329 e. The summed E-state index contributed by atoms with van der Waals surface area (Å²) in [6.45, 7) is -2.35. The monoisotopic (exact) mass is 426 g/mol. The van der Waals surface area contributed by atoms with Gasteiger partial charge >= 0.3 is 5.97 Å². The van der Waals surface area contributed by atoms with E-state index in [4.69, 9.17) is 28.8 Å². The first-order valence-corrected chi connectivity index (χ1v) is 9.11. The van der Waals surface area contributed by atoms with Crippen molar-refractivity contribution in [3.05, 3.63) is 0 Å². The first kappa shape index (κ1) is 22.7. The molecule has 3 aliphatic heterocycles. The van der Waals surface area contributed by atoms with Crippen molar-refractivity contribution in [2.24, 2.45) is 0 Å². The predicted molar refractivity (Wildman–Crippen MR) is 87.5 cm³/mol. The second-order valence-corrected chi connectivity index (χ2v) is 7.16. The fourth-order valence-electron chi connectivity index (χ4n) is 3.89. The number of aliphatic hydroxyl groups is 6. The van der Waals surface area contributed by atoms with Crippen LogP contribution < -0.4 is 0 Å². The number of carboxylic acids is 1. The van der Waals surface area contributed by atoms with Crippen molar-refractivity contribution < 1.29 is 64.2 Å². The van der Waals surface area contributed by atoms with Gasteiger partial charge in [0.05, 0.1) is 13.2 Å². The molecule has 7 N–H and O–H groups in total. The van der Waals surface area contributed by atoms with Crippen LogP contribution in [0.5, 0.6) is 0 Å². The van der Waals surface area contributed by atoms with Gasteiger partial charge in [-0.3, -0.25) is 0 Å². The Morgan fingerprint density at radius 3 is 2.00 bits per heavy atom. The molecule has 0 saturated carbocycles. The topological polar surface area (TPSA) is 205 Å². The van der Waals surface area contributed by atoms with E-state index in [1.165, 1.54) is 0 Å². The summed E-state index contributed by atoms with van der Waals surface area (Å²) >= 11 is 0. The average Bonchev–Trinajstić information content (AvgIpc) is 2.70. The van der Waals surface area contributed by atoms with Gasteiger partial charge in [-0.1, -0.05) is 0 Å². The molecule has 3 fully saturated rings. The smallest absolute Gasteiger partial charge is 0.329 e. The molecule has 29 heavy (non-hydrogen) atoms. The maximum atomic E-state index is 10.9. The van der Waals surface area contributed by atoms with Crippen molar-refractivity contribution in [3.63, 3.8) is 0 Å². The van der Waals surface area contributed by atoms with Crippen LogP contribution in [0, 0.1) is 0 Å². The number of carbonyl (C=O) groups is 1. The molecule has 3 aliphatic rings. The van der Waals surface area contributed by atoms with E-state index in [0.29, 0.717) is 0 Å². The largest absolute Gasteiger partial charge is 0.480 e. The second kappa shape index (κ2) is 9.45. The zero-order chi connectivity index (χ0) is 21.3. The first-order chi connectivity index (χ1) is 13.8. The number of ether oxygens (including phenoxy) is 5. The normalized spacial score (nSPS) is 48.1. The van der Waals surface area contributed by atoms with Crippen LogP contribution in [0.4, 0.5) is 0 Å². The lowest BCUT2D eigenvalue weighted by Crippen LogP contribution is -2.71. The lowest BCUT2D eigenvalue weighted by molar-refractivity contribution is -0.352. The third-order valence-electron chi connectivity index (χ3n) is 5.37. The molecule has 3 rings (SSSR count). The van der Waals surface area contributed by atoms with E-state index in [1.54, 1.807) is 0 Å². The highest BCUT2D eigenvalue weighted by Gasteiger charge is 2.57. The highest BCUT2D eigenvalue weighted by molar-refractivity contribution is 5.68. The van der Waals surface area contributed by atoms with E-state index in [-0.39, 0.29) is 6.79 Å². The van der Waals surface area contributed by atoms with E-state index in [0.717, 1.165) is 0 Å². The van der Waals surface area contributed by atoms with Crippen LogP contribution in [-0.4, -0.2) is 135 Å². The van der Waals surface area contributed by atoms with Gasteiger partial charge in [-0.15, -0.1) is 0 Å². The molecule has 3 saturated heterocycles. The van der Waals surface area contributed by atoms with Gasteiger partial charge in [0.25, 0.3) is 0 Å². The molecule has 13 nitrogen and oxygen atoms in total. The molecule has 0 aromatic heterocycles. The van der Waals surface area contributed by atoms with Crippen LogP contribution >= 0.6 is 0 Å². The number of aliphatic hydroxyl groups excluding tert-OH is 6. The van der Waals surface area contributed by atoms with Crippen molar-refractivity contribution in [3.8, 4) is 0 Å². The summed E-state index contributed by atoms with van der Waals surface area (Å²) < 4.78 is 27.4. The van der Waals surface area contributed by atoms with Crippen LogP contribution in [0.25, 0.3) is 0 Å². The summed E-state index contributed by atoms with van der Waals surface area (Å²) in [7, 11) is 0. The van der Waals surface area contributed by atoms with Crippen LogP contribution in [0.3, 0.4) is 0 Å². The SMILES string of the molecule is O=C(O)COC1C(O)C(CO)OC2C1OCOC2[C@H]1O[C@H](CO)[C@@H](O)[C@H](O)[C@@H]1O. The van der Waals surface area contributed by atoms with Gasteiger partial charge in [-0.25, -0.2) is 4.79 Å². The van der Waals surface area contributed by atoms with E-state index in [9.17, 15) is 35.4 Å². The van der Waals surface area contributed by atoms with Gasteiger partial charge in [0.15, 0.2) is 0 Å². The zero-order valence-electron chi connectivity index (χ0n) is 15.3. The number of aliphatic carboxylic acids is 1. The third kappa shape index (κ3) is 4.40. The summed E-state index contributed by atoms with van der Waals surface area (Å²) in [5, 5.41) is 68.5. The summed E-state index contributed by atoms with van der Waals surface area (Å²) in [5.41, 5.74) is 0. The standard InChI is InChI=1S/C16H26O13/c17-1-5-8(21)10(23)11(24)13(28-5)15-16-14(26-4-27-15)12(25-3-7(19)20)9(22)6(2-18)29-16/h5-6,8-18,21-24H,1-4H2,(H,19,20)/t5-,6?,8-,9?,10+,11+,12?,13+,14?,15?,16?/m1/s1. The van der Waals surface area contributed by atoms with Crippen LogP contribution in [0.2, 0.25) is 0 Å². The van der Waals surface area contributed by atoms with Crippen LogP contribution in [0.1, 0.15) is 0 Å². The van der Waals surface area contributed by atoms with E-state index < -0.39 is 92.9 Å². The summed E-state index contributed by atoms with van der Waals surface area (Å²) in [5.74, 6) is -1.28. The van der Waals surface area contributed by atoms with Gasteiger partial charge < -0.3 is 59.4 Å². The molecule has 0 bridgehead atoms. The van der Waals surface area contributed by atoms with Crippen molar-refractivity contribution in [1.29, 1.82) is 0 Å². The molecule has 13 heteroatoms. The Labute approximate surface area is 164 Å². The Morgan fingerprint density at radius 1 is 0.793 bits per heavy atom. The van der Waals surface area contributed by atoms with Gasteiger partial charge in [0, 0.05) is 0 Å². The molecular weight excluding hydrogens is 400 g/mol. The number of carboxylic acid groups (broad SMARTS) is 1. The van der Waals surface area contributed by atoms with Gasteiger partial charge in [-0.2, -0.15) is 0 Å². The average molecular weight is 426 g/mol. The molecule has 0 aliphatic carbocycles. The fourth-order valence-corrected chi connectivity index (χ4v) is 3.89. The Balaban J connectivity index is 1.84. The number of hydrogen-bond donors (Lipinski definition) is 7. The molecule has 0 radical (unpaired) electrons. The summed E-state index contributed by atoms with van der Waals surface area (Å²) in [6, 6.07) is 0. The van der Waals surface area contributed by atoms with E-state index >= 15 is 0 Å². The van der Waals surface area contributed by atoms with Gasteiger partial charge in [0.1, 0.15) is 80.5 Å². The van der Waals surface area contributed by atoms with E-state index in [2.05, 4.69) is 0 Å². The minimum Gasteiger partial charge on any atom is -0.480 e. The fraction of sp³-hybridized carbons (Fsp3) is 0.938. The highest BCUT2D eigenvalue weighted by Crippen LogP contribution is 2.36. The maximum absolute atomic E-state index is 10.9. The van der Waals surface area contributed by atoms with Gasteiger partial charge in [0.2, 0.25) is 0 Å². The Bertz CT molecular complexity index is 559. The minimum atomic E-state index is -1.64. The number of fused-ring (bicyclic) bond motifs is 1. The molecule has 0 amide bonds. The molecule has 168 valence electrons. The van der Waals surface area contributed by atoms with Crippen molar-refractivity contribution in [1.82, 2.24) is 0 Å². The molecule has 0 spiro atoms. The Morgan fingerprint density at radius 2 is 1.38 bits per heavy atom. The molecule has 6 unspecified atom stereocenters. The Kier molecular flexibility index (Phi) is 7.40. The first-order valence-electron chi connectivity index (χ1n) is 9.11. The highest BCUT2D eigenvalue weighted by atomic mass is 16.7.